The van der Waals surface area contributed by atoms with Crippen molar-refractivity contribution in [2.45, 2.75) is 43.6 Å². The molecule has 0 bridgehead atoms. The van der Waals surface area contributed by atoms with E-state index in [-0.39, 0.29) is 0 Å². The lowest BCUT2D eigenvalue weighted by Gasteiger charge is -2.37. The molecule has 3 heteroatoms. The second-order valence-corrected chi connectivity index (χ2v) is 6.04. The third-order valence-corrected chi connectivity index (χ3v) is 4.61. The molecule has 1 fully saturated rings. The molecule has 0 aliphatic heterocycles. The predicted octanol–water partition coefficient (Wildman–Crippen LogP) is 3.70. The van der Waals surface area contributed by atoms with Crippen molar-refractivity contribution in [3.63, 3.8) is 0 Å². The highest BCUT2D eigenvalue weighted by Crippen LogP contribution is 2.40. The van der Waals surface area contributed by atoms with E-state index in [4.69, 9.17) is 0 Å². The van der Waals surface area contributed by atoms with Crippen molar-refractivity contribution in [1.29, 1.82) is 0 Å². The number of fused-ring (bicyclic) bond motifs is 1. The summed E-state index contributed by atoms with van der Waals surface area (Å²) in [5.74, 6) is -1.78. The third kappa shape index (κ3) is 2.66. The van der Waals surface area contributed by atoms with Gasteiger partial charge in [-0.25, -0.2) is 0 Å². The second-order valence-electron chi connectivity index (χ2n) is 6.04. The standard InChI is InChI=1S/C18H20O3/c19-17(20)16(18(21)10-4-1-5-11-18)15-9-8-13-6-2-3-7-14(13)12-15/h2-3,6-9,12,16,21H,1,4-5,10-11H2,(H,19,20). The number of aliphatic hydroxyl groups is 1. The van der Waals surface area contributed by atoms with E-state index in [2.05, 4.69) is 0 Å². The van der Waals surface area contributed by atoms with E-state index in [1.807, 2.05) is 42.5 Å². The quantitative estimate of drug-likeness (QED) is 0.903. The maximum absolute atomic E-state index is 11.8. The molecule has 0 heterocycles. The Kier molecular flexibility index (Phi) is 3.68. The van der Waals surface area contributed by atoms with Gasteiger partial charge in [0.2, 0.25) is 0 Å². The van der Waals surface area contributed by atoms with Gasteiger partial charge in [0, 0.05) is 0 Å². The van der Waals surface area contributed by atoms with Gasteiger partial charge in [-0.3, -0.25) is 4.79 Å². The molecule has 1 aliphatic carbocycles. The summed E-state index contributed by atoms with van der Waals surface area (Å²) < 4.78 is 0. The monoisotopic (exact) mass is 284 g/mol. The van der Waals surface area contributed by atoms with Gasteiger partial charge in [-0.15, -0.1) is 0 Å². The molecule has 0 saturated heterocycles. The van der Waals surface area contributed by atoms with Crippen molar-refractivity contribution in [3.8, 4) is 0 Å². The van der Waals surface area contributed by atoms with Crippen LogP contribution in [0.15, 0.2) is 42.5 Å². The van der Waals surface area contributed by atoms with Gasteiger partial charge in [-0.1, -0.05) is 61.7 Å². The van der Waals surface area contributed by atoms with Gasteiger partial charge in [0.05, 0.1) is 5.60 Å². The Labute approximate surface area is 124 Å². The van der Waals surface area contributed by atoms with Crippen LogP contribution >= 0.6 is 0 Å². The lowest BCUT2D eigenvalue weighted by Crippen LogP contribution is -2.42. The van der Waals surface area contributed by atoms with Crippen LogP contribution in [-0.4, -0.2) is 21.8 Å². The average Bonchev–Trinajstić information content (AvgIpc) is 2.47. The molecule has 1 saturated carbocycles. The van der Waals surface area contributed by atoms with Crippen LogP contribution in [-0.2, 0) is 4.79 Å². The summed E-state index contributed by atoms with van der Waals surface area (Å²) in [5.41, 5.74) is -0.419. The topological polar surface area (TPSA) is 57.5 Å². The molecule has 3 rings (SSSR count). The Hall–Kier alpha value is -1.87. The summed E-state index contributed by atoms with van der Waals surface area (Å²) in [5, 5.41) is 22.6. The molecule has 0 aromatic heterocycles. The molecular formula is C18H20O3. The van der Waals surface area contributed by atoms with Crippen LogP contribution in [0.2, 0.25) is 0 Å². The number of benzene rings is 2. The lowest BCUT2D eigenvalue weighted by molar-refractivity contribution is -0.147. The van der Waals surface area contributed by atoms with Gasteiger partial charge in [-0.05, 0) is 29.2 Å². The Balaban J connectivity index is 2.04. The van der Waals surface area contributed by atoms with Crippen LogP contribution in [0.25, 0.3) is 10.8 Å². The molecule has 110 valence electrons. The summed E-state index contributed by atoms with van der Waals surface area (Å²) in [7, 11) is 0. The molecule has 0 spiro atoms. The van der Waals surface area contributed by atoms with Gasteiger partial charge in [0.25, 0.3) is 0 Å². The fourth-order valence-electron chi connectivity index (χ4n) is 3.52. The predicted molar refractivity (Wildman–Crippen MR) is 82.4 cm³/mol. The molecule has 1 unspecified atom stereocenters. The summed E-state index contributed by atoms with van der Waals surface area (Å²) in [6.45, 7) is 0. The molecule has 1 aliphatic rings. The highest BCUT2D eigenvalue weighted by atomic mass is 16.4. The van der Waals surface area contributed by atoms with E-state index in [0.717, 1.165) is 30.0 Å². The number of carboxylic acids is 1. The van der Waals surface area contributed by atoms with Crippen molar-refractivity contribution < 1.29 is 15.0 Å². The van der Waals surface area contributed by atoms with Crippen LogP contribution in [0, 0.1) is 0 Å². The summed E-state index contributed by atoms with van der Waals surface area (Å²) in [6, 6.07) is 13.6. The number of rotatable bonds is 3. The number of hydrogen-bond donors (Lipinski definition) is 2. The number of carboxylic acid groups (broad SMARTS) is 1. The molecule has 2 aromatic carbocycles. The van der Waals surface area contributed by atoms with E-state index < -0.39 is 17.5 Å². The number of aliphatic carboxylic acids is 1. The van der Waals surface area contributed by atoms with E-state index in [0.29, 0.717) is 18.4 Å². The molecule has 3 nitrogen and oxygen atoms in total. The Morgan fingerprint density at radius 1 is 1.00 bits per heavy atom. The maximum Gasteiger partial charge on any atom is 0.313 e. The minimum absolute atomic E-state index is 0.566. The van der Waals surface area contributed by atoms with Crippen molar-refractivity contribution in [1.82, 2.24) is 0 Å². The summed E-state index contributed by atoms with van der Waals surface area (Å²) in [6.07, 6.45) is 4.00. The van der Waals surface area contributed by atoms with E-state index in [1.54, 1.807) is 0 Å². The first kappa shape index (κ1) is 14.1. The van der Waals surface area contributed by atoms with Crippen molar-refractivity contribution in [2.24, 2.45) is 0 Å². The molecular weight excluding hydrogens is 264 g/mol. The molecule has 0 radical (unpaired) electrons. The third-order valence-electron chi connectivity index (χ3n) is 4.61. The van der Waals surface area contributed by atoms with Crippen LogP contribution in [0.3, 0.4) is 0 Å². The van der Waals surface area contributed by atoms with Crippen LogP contribution in [0.1, 0.15) is 43.6 Å². The van der Waals surface area contributed by atoms with Gasteiger partial charge in [0.15, 0.2) is 0 Å². The first-order chi connectivity index (χ1) is 10.1. The largest absolute Gasteiger partial charge is 0.481 e. The summed E-state index contributed by atoms with van der Waals surface area (Å²) >= 11 is 0. The highest BCUT2D eigenvalue weighted by Gasteiger charge is 2.43. The summed E-state index contributed by atoms with van der Waals surface area (Å²) in [4.78, 5) is 11.8. The zero-order chi connectivity index (χ0) is 14.9. The molecule has 1 atom stereocenters. The number of carbonyl (C=O) groups is 1. The van der Waals surface area contributed by atoms with E-state index in [1.165, 1.54) is 0 Å². The van der Waals surface area contributed by atoms with Crippen molar-refractivity contribution >= 4 is 16.7 Å². The fraction of sp³-hybridized carbons (Fsp3) is 0.389. The number of hydrogen-bond acceptors (Lipinski definition) is 2. The second kappa shape index (κ2) is 5.49. The maximum atomic E-state index is 11.8. The van der Waals surface area contributed by atoms with Crippen LogP contribution in [0.4, 0.5) is 0 Å². The highest BCUT2D eigenvalue weighted by molar-refractivity contribution is 5.86. The van der Waals surface area contributed by atoms with Gasteiger partial charge in [0.1, 0.15) is 5.92 Å². The fourth-order valence-corrected chi connectivity index (χ4v) is 3.52. The Morgan fingerprint density at radius 3 is 2.33 bits per heavy atom. The van der Waals surface area contributed by atoms with Crippen LogP contribution in [0.5, 0.6) is 0 Å². The minimum atomic E-state index is -1.12. The zero-order valence-corrected chi connectivity index (χ0v) is 12.0. The van der Waals surface area contributed by atoms with Gasteiger partial charge in [-0.2, -0.15) is 0 Å². The normalized spacial score (nSPS) is 19.3. The van der Waals surface area contributed by atoms with Crippen molar-refractivity contribution in [3.05, 3.63) is 48.0 Å². The van der Waals surface area contributed by atoms with E-state index in [9.17, 15) is 15.0 Å². The molecule has 0 amide bonds. The zero-order valence-electron chi connectivity index (χ0n) is 12.0. The van der Waals surface area contributed by atoms with Gasteiger partial charge < -0.3 is 10.2 Å². The lowest BCUT2D eigenvalue weighted by atomic mass is 9.72. The van der Waals surface area contributed by atoms with Gasteiger partial charge >= 0.3 is 5.97 Å². The molecule has 2 N–H and O–H groups in total. The smallest absolute Gasteiger partial charge is 0.313 e. The first-order valence-electron chi connectivity index (χ1n) is 7.54. The average molecular weight is 284 g/mol. The Morgan fingerprint density at radius 2 is 1.67 bits per heavy atom. The van der Waals surface area contributed by atoms with E-state index >= 15 is 0 Å². The Bertz CT molecular complexity index is 656. The minimum Gasteiger partial charge on any atom is -0.481 e. The SMILES string of the molecule is O=C(O)C(c1ccc2ccccc2c1)C1(O)CCCCC1. The first-order valence-corrected chi connectivity index (χ1v) is 7.54. The molecule has 21 heavy (non-hydrogen) atoms. The molecule has 2 aromatic rings. The van der Waals surface area contributed by atoms with Crippen LogP contribution < -0.4 is 0 Å². The van der Waals surface area contributed by atoms with Crippen molar-refractivity contribution in [2.75, 3.05) is 0 Å².